The summed E-state index contributed by atoms with van der Waals surface area (Å²) in [7, 11) is 2.45. The van der Waals surface area contributed by atoms with E-state index in [1.165, 1.54) is 26.5 Å². The zero-order valence-corrected chi connectivity index (χ0v) is 21.9. The first-order chi connectivity index (χ1) is 18.8. The third-order valence-electron chi connectivity index (χ3n) is 6.91. The van der Waals surface area contributed by atoms with Gasteiger partial charge in [0.25, 0.3) is 0 Å². The number of ether oxygens (including phenoxy) is 2. The van der Waals surface area contributed by atoms with Gasteiger partial charge in [-0.2, -0.15) is 0 Å². The van der Waals surface area contributed by atoms with Gasteiger partial charge in [0.2, 0.25) is 5.95 Å². The summed E-state index contributed by atoms with van der Waals surface area (Å²) in [5.41, 5.74) is 8.42. The van der Waals surface area contributed by atoms with Gasteiger partial charge in [-0.15, -0.1) is 0 Å². The first-order valence-electron chi connectivity index (χ1n) is 12.5. The van der Waals surface area contributed by atoms with Crippen LogP contribution < -0.4 is 25.4 Å². The number of aromatic nitrogens is 2. The molecule has 0 saturated carbocycles. The summed E-state index contributed by atoms with van der Waals surface area (Å²) < 4.78 is 45.3. The minimum Gasteiger partial charge on any atom is -0.494 e. The molecular formula is C27H30F2N6O4. The molecule has 206 valence electrons. The molecule has 0 spiro atoms. The Morgan fingerprint density at radius 1 is 1.08 bits per heavy atom. The van der Waals surface area contributed by atoms with Crippen molar-refractivity contribution in [1.29, 1.82) is 0 Å². The summed E-state index contributed by atoms with van der Waals surface area (Å²) >= 11 is 0. The van der Waals surface area contributed by atoms with Crippen molar-refractivity contribution in [2.75, 3.05) is 62.9 Å². The van der Waals surface area contributed by atoms with Crippen LogP contribution in [0.15, 0.2) is 40.9 Å². The average Bonchev–Trinajstić information content (AvgIpc) is 3.38. The van der Waals surface area contributed by atoms with Crippen LogP contribution in [0.25, 0.3) is 11.1 Å². The molecule has 4 N–H and O–H groups in total. The minimum atomic E-state index is -1.79. The summed E-state index contributed by atoms with van der Waals surface area (Å²) in [6, 6.07) is 8.24. The number of nitrogen functional groups attached to an aromatic ring is 1. The molecule has 4 aromatic rings. The molecule has 10 nitrogen and oxygen atoms in total. The van der Waals surface area contributed by atoms with Gasteiger partial charge >= 0.3 is 0 Å². The Bertz CT molecular complexity index is 1460. The molecule has 0 aliphatic carbocycles. The Morgan fingerprint density at radius 3 is 2.38 bits per heavy atom. The van der Waals surface area contributed by atoms with Crippen molar-refractivity contribution in [3.8, 4) is 11.5 Å². The van der Waals surface area contributed by atoms with Crippen LogP contribution in [0.2, 0.25) is 0 Å². The molecule has 1 aliphatic heterocycles. The first-order valence-corrected chi connectivity index (χ1v) is 12.5. The molecule has 5 rings (SSSR count). The van der Waals surface area contributed by atoms with Crippen LogP contribution in [0.3, 0.4) is 0 Å². The fourth-order valence-electron chi connectivity index (χ4n) is 4.64. The third kappa shape index (κ3) is 5.12. The molecule has 1 atom stereocenters. The zero-order chi connectivity index (χ0) is 27.7. The number of fused-ring (bicyclic) bond motifs is 1. The standard InChI is InChI=1S/C27H30F2N6O4/c1-4-34-7-9-35(10-8-34)15-5-6-17(16(30)11-15)32-27-31-14-22-18(33-27)12-21(39-22)26(36)23-24(28)19(37-2)13-20(38-3)25(23)29/h5-6,11-14,26,36H,4,7-10,30H2,1-3H3,(H,31,32,33). The Balaban J connectivity index is 1.37. The number of nitrogens with zero attached hydrogens (tertiary/aromatic N) is 4. The highest BCUT2D eigenvalue weighted by Crippen LogP contribution is 2.38. The highest BCUT2D eigenvalue weighted by molar-refractivity contribution is 5.78. The van der Waals surface area contributed by atoms with E-state index in [9.17, 15) is 13.9 Å². The summed E-state index contributed by atoms with van der Waals surface area (Å²) in [5, 5.41) is 13.9. The number of furan rings is 1. The van der Waals surface area contributed by atoms with Crippen LogP contribution in [0, 0.1) is 11.6 Å². The number of likely N-dealkylation sites (N-methyl/N-ethyl adjacent to an activating group) is 1. The summed E-state index contributed by atoms with van der Waals surface area (Å²) in [5.74, 6) is -2.59. The van der Waals surface area contributed by atoms with Crippen molar-refractivity contribution in [2.45, 2.75) is 13.0 Å². The highest BCUT2D eigenvalue weighted by atomic mass is 19.1. The van der Waals surface area contributed by atoms with Crippen LogP contribution in [-0.4, -0.2) is 66.9 Å². The smallest absolute Gasteiger partial charge is 0.228 e. The predicted octanol–water partition coefficient (Wildman–Crippen LogP) is 4.07. The molecule has 2 aromatic heterocycles. The normalized spacial score (nSPS) is 15.0. The molecule has 0 amide bonds. The maximum atomic E-state index is 14.9. The Labute approximate surface area is 224 Å². The van der Waals surface area contributed by atoms with E-state index in [0.717, 1.165) is 44.5 Å². The average molecular weight is 541 g/mol. The van der Waals surface area contributed by atoms with Gasteiger partial charge in [-0.05, 0) is 24.7 Å². The second kappa shape index (κ2) is 10.9. The van der Waals surface area contributed by atoms with Crippen molar-refractivity contribution < 1.29 is 27.8 Å². The number of aliphatic hydroxyl groups excluding tert-OH is 1. The lowest BCUT2D eigenvalue weighted by molar-refractivity contribution is 0.179. The van der Waals surface area contributed by atoms with E-state index in [1.807, 2.05) is 18.2 Å². The second-order valence-corrected chi connectivity index (χ2v) is 9.13. The Kier molecular flexibility index (Phi) is 7.40. The molecule has 39 heavy (non-hydrogen) atoms. The molecular weight excluding hydrogens is 510 g/mol. The van der Waals surface area contributed by atoms with Crippen LogP contribution >= 0.6 is 0 Å². The molecule has 1 aliphatic rings. The number of hydrogen-bond donors (Lipinski definition) is 3. The van der Waals surface area contributed by atoms with Gasteiger partial charge in [0.1, 0.15) is 17.4 Å². The predicted molar refractivity (Wildman–Crippen MR) is 144 cm³/mol. The molecule has 1 saturated heterocycles. The van der Waals surface area contributed by atoms with Crippen LogP contribution in [-0.2, 0) is 0 Å². The largest absolute Gasteiger partial charge is 0.494 e. The van der Waals surface area contributed by atoms with Gasteiger partial charge < -0.3 is 39.8 Å². The van der Waals surface area contributed by atoms with Crippen molar-refractivity contribution in [2.24, 2.45) is 0 Å². The minimum absolute atomic E-state index is 0.128. The molecule has 3 heterocycles. The van der Waals surface area contributed by atoms with E-state index in [4.69, 9.17) is 19.6 Å². The monoisotopic (exact) mass is 540 g/mol. The lowest BCUT2D eigenvalue weighted by Gasteiger charge is -2.35. The number of halogens is 2. The van der Waals surface area contributed by atoms with E-state index in [0.29, 0.717) is 16.9 Å². The number of anilines is 4. The van der Waals surface area contributed by atoms with Crippen molar-refractivity contribution >= 4 is 34.1 Å². The number of nitrogens with two attached hydrogens (primary N) is 1. The van der Waals surface area contributed by atoms with Crippen LogP contribution in [0.1, 0.15) is 24.4 Å². The Hall–Kier alpha value is -4.16. The van der Waals surface area contributed by atoms with Crippen LogP contribution in [0.4, 0.5) is 31.8 Å². The maximum absolute atomic E-state index is 14.9. The van der Waals surface area contributed by atoms with Crippen molar-refractivity contribution in [3.63, 3.8) is 0 Å². The van der Waals surface area contributed by atoms with E-state index in [-0.39, 0.29) is 28.8 Å². The number of aliphatic hydroxyl groups is 1. The molecule has 2 aromatic carbocycles. The molecule has 0 bridgehead atoms. The van der Waals surface area contributed by atoms with Gasteiger partial charge in [-0.3, -0.25) is 0 Å². The summed E-state index contributed by atoms with van der Waals surface area (Å²) in [4.78, 5) is 13.4. The van der Waals surface area contributed by atoms with Gasteiger partial charge in [0, 0.05) is 44.0 Å². The number of nitrogens with one attached hydrogen (secondary N) is 1. The topological polar surface area (TPSA) is 122 Å². The fourth-order valence-corrected chi connectivity index (χ4v) is 4.64. The van der Waals surface area contributed by atoms with Gasteiger partial charge in [-0.1, -0.05) is 6.92 Å². The highest BCUT2D eigenvalue weighted by Gasteiger charge is 2.29. The number of hydrogen-bond acceptors (Lipinski definition) is 10. The number of piperazine rings is 1. The van der Waals surface area contributed by atoms with E-state index in [2.05, 4.69) is 32.0 Å². The molecule has 1 unspecified atom stereocenters. The second-order valence-electron chi connectivity index (χ2n) is 9.13. The summed E-state index contributed by atoms with van der Waals surface area (Å²) in [6.07, 6.45) is -0.389. The lowest BCUT2D eigenvalue weighted by atomic mass is 10.0. The number of methoxy groups -OCH3 is 2. The zero-order valence-electron chi connectivity index (χ0n) is 21.9. The van der Waals surface area contributed by atoms with Crippen molar-refractivity contribution in [3.05, 3.63) is 59.5 Å². The van der Waals surface area contributed by atoms with Gasteiger partial charge in [0.05, 0.1) is 37.4 Å². The molecule has 1 fully saturated rings. The maximum Gasteiger partial charge on any atom is 0.228 e. The summed E-state index contributed by atoms with van der Waals surface area (Å²) in [6.45, 7) is 7.10. The molecule has 12 heteroatoms. The van der Waals surface area contributed by atoms with Crippen molar-refractivity contribution in [1.82, 2.24) is 14.9 Å². The van der Waals surface area contributed by atoms with Gasteiger partial charge in [0.15, 0.2) is 28.7 Å². The Morgan fingerprint density at radius 2 is 1.77 bits per heavy atom. The molecule has 0 radical (unpaired) electrons. The number of rotatable bonds is 8. The van der Waals surface area contributed by atoms with E-state index < -0.39 is 23.3 Å². The SMILES string of the molecule is CCN1CCN(c2ccc(Nc3ncc4oc(C(O)c5c(F)c(OC)cc(OC)c5F)cc4n3)c(N)c2)CC1. The van der Waals surface area contributed by atoms with E-state index >= 15 is 0 Å². The van der Waals surface area contributed by atoms with Gasteiger partial charge in [-0.25, -0.2) is 18.7 Å². The third-order valence-corrected chi connectivity index (χ3v) is 6.91. The lowest BCUT2D eigenvalue weighted by Crippen LogP contribution is -2.46. The fraction of sp³-hybridized carbons (Fsp3) is 0.333. The first kappa shape index (κ1) is 26.4. The quantitative estimate of drug-likeness (QED) is 0.282. The van der Waals surface area contributed by atoms with E-state index in [1.54, 1.807) is 0 Å². The van der Waals surface area contributed by atoms with Crippen LogP contribution in [0.5, 0.6) is 11.5 Å². The number of benzene rings is 2.